The molecule has 142 valence electrons. The van der Waals surface area contributed by atoms with Crippen molar-refractivity contribution in [3.63, 3.8) is 0 Å². The number of rotatable bonds is 1. The van der Waals surface area contributed by atoms with E-state index in [0.29, 0.717) is 10.3 Å². The Morgan fingerprint density at radius 1 is 0.542 bits per heavy atom. The van der Waals surface area contributed by atoms with Crippen molar-refractivity contribution < 1.29 is 20.4 Å². The van der Waals surface area contributed by atoms with Gasteiger partial charge in [0.2, 0.25) is 0 Å². The van der Waals surface area contributed by atoms with Crippen molar-refractivity contribution in [2.75, 3.05) is 0 Å². The molecule has 0 heterocycles. The van der Waals surface area contributed by atoms with Crippen LogP contribution >= 0.6 is 7.92 Å². The SMILES string of the molecule is CC(C)(C)c1cc(P(C(C)(C)C)C(C)(C)C)cc(C(C)(C)C)c1.[Pd]. The van der Waals surface area contributed by atoms with Gasteiger partial charge in [0.05, 0.1) is 0 Å². The second-order valence-electron chi connectivity index (χ2n) is 10.9. The molecule has 0 aliphatic rings. The van der Waals surface area contributed by atoms with Gasteiger partial charge >= 0.3 is 0 Å². The topological polar surface area (TPSA) is 0 Å². The molecule has 0 spiro atoms. The van der Waals surface area contributed by atoms with Crippen LogP contribution in [0.25, 0.3) is 0 Å². The maximum Gasteiger partial charge on any atom is 0 e. The van der Waals surface area contributed by atoms with Crippen molar-refractivity contribution in [3.8, 4) is 0 Å². The van der Waals surface area contributed by atoms with Gasteiger partial charge < -0.3 is 0 Å². The predicted molar refractivity (Wildman–Crippen MR) is 110 cm³/mol. The number of hydrogen-bond acceptors (Lipinski definition) is 0. The Morgan fingerprint density at radius 3 is 1.04 bits per heavy atom. The van der Waals surface area contributed by atoms with Gasteiger partial charge in [0, 0.05) is 20.4 Å². The van der Waals surface area contributed by atoms with Crippen LogP contribution in [0.15, 0.2) is 18.2 Å². The van der Waals surface area contributed by atoms with Gasteiger partial charge in [-0.3, -0.25) is 0 Å². The second-order valence-corrected chi connectivity index (χ2v) is 14.8. The van der Waals surface area contributed by atoms with Gasteiger partial charge in [0.25, 0.3) is 0 Å². The van der Waals surface area contributed by atoms with Crippen LogP contribution in [0.4, 0.5) is 0 Å². The van der Waals surface area contributed by atoms with Gasteiger partial charge in [-0.25, -0.2) is 0 Å². The van der Waals surface area contributed by atoms with Crippen LogP contribution < -0.4 is 5.30 Å². The summed E-state index contributed by atoms with van der Waals surface area (Å²) in [6.07, 6.45) is 0. The Labute approximate surface area is 167 Å². The molecule has 0 aliphatic carbocycles. The third-order valence-electron chi connectivity index (χ3n) is 4.25. The molecule has 1 aromatic rings. The van der Waals surface area contributed by atoms with E-state index in [0.717, 1.165) is 0 Å². The minimum atomic E-state index is -0.265. The molecule has 0 N–H and O–H groups in total. The Hall–Kier alpha value is 0.312. The summed E-state index contributed by atoms with van der Waals surface area (Å²) in [5.74, 6) is 0. The van der Waals surface area contributed by atoms with Gasteiger partial charge in [-0.1, -0.05) is 109 Å². The van der Waals surface area contributed by atoms with Crippen LogP contribution in [0.3, 0.4) is 0 Å². The fourth-order valence-electron chi connectivity index (χ4n) is 3.39. The standard InChI is InChI=1S/C22H39P.Pd/c1-19(2,3)16-13-17(20(4,5)6)15-18(14-16)23(21(7,8)9)22(10,11)12;/h13-15H,1-12H3;. The van der Waals surface area contributed by atoms with Gasteiger partial charge in [-0.05, 0) is 37.6 Å². The van der Waals surface area contributed by atoms with Crippen LogP contribution in [-0.4, -0.2) is 10.3 Å². The monoisotopic (exact) mass is 440 g/mol. The van der Waals surface area contributed by atoms with E-state index in [-0.39, 0.29) is 39.2 Å². The van der Waals surface area contributed by atoms with E-state index in [9.17, 15) is 0 Å². The third kappa shape index (κ3) is 6.24. The van der Waals surface area contributed by atoms with Gasteiger partial charge in [-0.15, -0.1) is 0 Å². The predicted octanol–water partition coefficient (Wildman–Crippen LogP) is 6.98. The fraction of sp³-hybridized carbons (Fsp3) is 0.727. The van der Waals surface area contributed by atoms with Crippen LogP contribution in [0.5, 0.6) is 0 Å². The molecular formula is C22H39PPd. The van der Waals surface area contributed by atoms with E-state index in [2.05, 4.69) is 101 Å². The molecule has 0 unspecified atom stereocenters. The average molecular weight is 441 g/mol. The molecule has 1 rings (SSSR count). The summed E-state index contributed by atoms with van der Waals surface area (Å²) < 4.78 is 0. The van der Waals surface area contributed by atoms with Crippen LogP contribution in [0, 0.1) is 0 Å². The van der Waals surface area contributed by atoms with Gasteiger partial charge in [0.1, 0.15) is 0 Å². The quantitative estimate of drug-likeness (QED) is 0.326. The smallest absolute Gasteiger partial charge is 0 e. The van der Waals surface area contributed by atoms with Crippen LogP contribution in [0.2, 0.25) is 0 Å². The number of hydrogen-bond donors (Lipinski definition) is 0. The van der Waals surface area contributed by atoms with E-state index in [1.807, 2.05) is 0 Å². The first-order valence-electron chi connectivity index (χ1n) is 8.90. The molecule has 24 heavy (non-hydrogen) atoms. The molecule has 0 nitrogen and oxygen atoms in total. The Bertz CT molecular complexity index is 499. The van der Waals surface area contributed by atoms with Crippen molar-refractivity contribution in [1.29, 1.82) is 0 Å². The molecule has 0 atom stereocenters. The minimum Gasteiger partial charge on any atom is -0.0643 e. The summed E-state index contributed by atoms with van der Waals surface area (Å²) in [5.41, 5.74) is 3.32. The van der Waals surface area contributed by atoms with Gasteiger partial charge in [-0.2, -0.15) is 0 Å². The largest absolute Gasteiger partial charge is 0.0643 e. The molecule has 0 radical (unpaired) electrons. The van der Waals surface area contributed by atoms with Crippen LogP contribution in [-0.2, 0) is 31.3 Å². The van der Waals surface area contributed by atoms with Crippen molar-refractivity contribution >= 4 is 13.2 Å². The molecule has 0 aliphatic heterocycles. The summed E-state index contributed by atoms with van der Waals surface area (Å²) in [7, 11) is -0.265. The second kappa shape index (κ2) is 7.51. The Morgan fingerprint density at radius 2 is 0.833 bits per heavy atom. The molecule has 0 aromatic heterocycles. The molecule has 0 bridgehead atoms. The molecule has 2 heteroatoms. The first-order valence-corrected chi connectivity index (χ1v) is 10.2. The number of benzene rings is 1. The van der Waals surface area contributed by atoms with Crippen molar-refractivity contribution in [3.05, 3.63) is 29.3 Å². The Kier molecular flexibility index (Phi) is 7.61. The maximum atomic E-state index is 2.50. The van der Waals surface area contributed by atoms with E-state index in [1.54, 1.807) is 5.30 Å². The van der Waals surface area contributed by atoms with E-state index in [4.69, 9.17) is 0 Å². The molecule has 0 amide bonds. The van der Waals surface area contributed by atoms with Crippen LogP contribution in [0.1, 0.15) is 94.2 Å². The molecular weight excluding hydrogens is 402 g/mol. The zero-order chi connectivity index (χ0) is 18.4. The van der Waals surface area contributed by atoms with E-state index in [1.165, 1.54) is 11.1 Å². The summed E-state index contributed by atoms with van der Waals surface area (Å²) >= 11 is 0. The van der Waals surface area contributed by atoms with Crippen molar-refractivity contribution in [1.82, 2.24) is 0 Å². The van der Waals surface area contributed by atoms with Crippen molar-refractivity contribution in [2.45, 2.75) is 104 Å². The average Bonchev–Trinajstić information content (AvgIpc) is 2.21. The summed E-state index contributed by atoms with van der Waals surface area (Å²) in [6.45, 7) is 28.4. The third-order valence-corrected chi connectivity index (χ3v) is 7.71. The molecule has 0 saturated carbocycles. The zero-order valence-electron chi connectivity index (χ0n) is 18.0. The maximum absolute atomic E-state index is 2.50. The van der Waals surface area contributed by atoms with Gasteiger partial charge in [0.15, 0.2) is 0 Å². The summed E-state index contributed by atoms with van der Waals surface area (Å²) in [5, 5.41) is 2.18. The zero-order valence-corrected chi connectivity index (χ0v) is 20.4. The van der Waals surface area contributed by atoms with E-state index < -0.39 is 0 Å². The molecule has 1 aromatic carbocycles. The first kappa shape index (κ1) is 24.3. The first-order chi connectivity index (χ1) is 9.94. The van der Waals surface area contributed by atoms with E-state index >= 15 is 0 Å². The Balaban J connectivity index is 0.00000529. The van der Waals surface area contributed by atoms with Crippen molar-refractivity contribution in [2.24, 2.45) is 0 Å². The summed E-state index contributed by atoms with van der Waals surface area (Å²) in [4.78, 5) is 0. The normalized spacial score (nSPS) is 13.9. The summed E-state index contributed by atoms with van der Waals surface area (Å²) in [6, 6.07) is 7.43. The molecule has 0 fully saturated rings. The fourth-order valence-corrected chi connectivity index (χ4v) is 7.49. The minimum absolute atomic E-state index is 0. The molecule has 0 saturated heterocycles.